The van der Waals surface area contributed by atoms with Gasteiger partial charge in [0.15, 0.2) is 0 Å². The van der Waals surface area contributed by atoms with Gasteiger partial charge in [-0.15, -0.1) is 0 Å². The molecule has 20 heavy (non-hydrogen) atoms. The molecule has 3 nitrogen and oxygen atoms in total. The van der Waals surface area contributed by atoms with Gasteiger partial charge in [-0.25, -0.2) is 0 Å². The highest BCUT2D eigenvalue weighted by Gasteiger charge is 2.15. The highest BCUT2D eigenvalue weighted by molar-refractivity contribution is 5.82. The Morgan fingerprint density at radius 1 is 1.10 bits per heavy atom. The Kier molecular flexibility index (Phi) is 5.10. The summed E-state index contributed by atoms with van der Waals surface area (Å²) in [6, 6.07) is 10.2. The largest absolute Gasteiger partial charge is 0.387 e. The SMILES string of the molecule is CCc1ccc2cccc([C@H](O)CN(CC)CC)c2n1. The van der Waals surface area contributed by atoms with Gasteiger partial charge < -0.3 is 10.0 Å². The molecule has 0 saturated heterocycles. The van der Waals surface area contributed by atoms with E-state index in [9.17, 15) is 5.11 Å². The zero-order valence-corrected chi connectivity index (χ0v) is 12.6. The number of rotatable bonds is 6. The number of pyridine rings is 1. The Labute approximate surface area is 121 Å². The van der Waals surface area contributed by atoms with E-state index in [1.165, 1.54) is 0 Å². The molecular weight excluding hydrogens is 248 g/mol. The van der Waals surface area contributed by atoms with Crippen molar-refractivity contribution in [1.82, 2.24) is 9.88 Å². The Hall–Kier alpha value is -1.45. The predicted molar refractivity (Wildman–Crippen MR) is 83.9 cm³/mol. The van der Waals surface area contributed by atoms with Crippen LogP contribution in [0.15, 0.2) is 30.3 Å². The van der Waals surface area contributed by atoms with Gasteiger partial charge in [0.25, 0.3) is 0 Å². The fourth-order valence-corrected chi connectivity index (χ4v) is 2.50. The summed E-state index contributed by atoms with van der Waals surface area (Å²) in [5.74, 6) is 0. The van der Waals surface area contributed by atoms with Crippen LogP contribution in [0, 0.1) is 0 Å². The van der Waals surface area contributed by atoms with Crippen LogP contribution in [0.2, 0.25) is 0 Å². The van der Waals surface area contributed by atoms with Gasteiger partial charge in [-0.2, -0.15) is 0 Å². The summed E-state index contributed by atoms with van der Waals surface area (Å²) in [6.45, 7) is 8.89. The molecule has 0 radical (unpaired) electrons. The zero-order valence-electron chi connectivity index (χ0n) is 12.6. The molecule has 0 saturated carbocycles. The van der Waals surface area contributed by atoms with Crippen molar-refractivity contribution >= 4 is 10.9 Å². The van der Waals surface area contributed by atoms with Crippen molar-refractivity contribution in [3.63, 3.8) is 0 Å². The maximum absolute atomic E-state index is 10.5. The Morgan fingerprint density at radius 2 is 1.85 bits per heavy atom. The van der Waals surface area contributed by atoms with E-state index < -0.39 is 6.10 Å². The molecule has 0 bridgehead atoms. The Bertz CT molecular complexity index is 564. The molecule has 3 heteroatoms. The van der Waals surface area contributed by atoms with E-state index >= 15 is 0 Å². The number of hydrogen-bond donors (Lipinski definition) is 1. The molecule has 108 valence electrons. The van der Waals surface area contributed by atoms with Gasteiger partial charge in [0.2, 0.25) is 0 Å². The van der Waals surface area contributed by atoms with E-state index in [4.69, 9.17) is 4.98 Å². The monoisotopic (exact) mass is 272 g/mol. The van der Waals surface area contributed by atoms with Gasteiger partial charge in [0, 0.05) is 23.2 Å². The maximum atomic E-state index is 10.5. The molecule has 2 rings (SSSR count). The molecule has 0 aliphatic rings. The number of para-hydroxylation sites is 1. The van der Waals surface area contributed by atoms with E-state index in [-0.39, 0.29) is 0 Å². The lowest BCUT2D eigenvalue weighted by Gasteiger charge is -2.22. The minimum Gasteiger partial charge on any atom is -0.387 e. The highest BCUT2D eigenvalue weighted by atomic mass is 16.3. The number of hydrogen-bond acceptors (Lipinski definition) is 3. The van der Waals surface area contributed by atoms with Crippen LogP contribution in [0.5, 0.6) is 0 Å². The van der Waals surface area contributed by atoms with Crippen LogP contribution in [-0.2, 0) is 6.42 Å². The number of aryl methyl sites for hydroxylation is 1. The smallest absolute Gasteiger partial charge is 0.0937 e. The first-order valence-corrected chi connectivity index (χ1v) is 7.48. The van der Waals surface area contributed by atoms with Crippen LogP contribution in [0.1, 0.15) is 38.1 Å². The molecule has 0 spiro atoms. The van der Waals surface area contributed by atoms with Crippen molar-refractivity contribution in [3.8, 4) is 0 Å². The summed E-state index contributed by atoms with van der Waals surface area (Å²) >= 11 is 0. The number of likely N-dealkylation sites (N-methyl/N-ethyl adjacent to an activating group) is 1. The summed E-state index contributed by atoms with van der Waals surface area (Å²) in [5, 5.41) is 11.6. The second kappa shape index (κ2) is 6.82. The lowest BCUT2D eigenvalue weighted by Crippen LogP contribution is -2.28. The molecule has 1 N–H and O–H groups in total. The molecule has 0 amide bonds. The Balaban J connectivity index is 2.37. The van der Waals surface area contributed by atoms with E-state index in [0.717, 1.165) is 41.7 Å². The molecule has 0 aliphatic carbocycles. The summed E-state index contributed by atoms with van der Waals surface area (Å²) < 4.78 is 0. The summed E-state index contributed by atoms with van der Waals surface area (Å²) in [5.41, 5.74) is 2.94. The number of benzene rings is 1. The van der Waals surface area contributed by atoms with Gasteiger partial charge in [-0.1, -0.05) is 45.0 Å². The lowest BCUT2D eigenvalue weighted by atomic mass is 10.0. The molecule has 0 aliphatic heterocycles. The summed E-state index contributed by atoms with van der Waals surface area (Å²) in [6.07, 6.45) is 0.425. The van der Waals surface area contributed by atoms with Crippen LogP contribution in [0.4, 0.5) is 0 Å². The number of nitrogens with zero attached hydrogens (tertiary/aromatic N) is 2. The molecule has 1 aromatic heterocycles. The number of aliphatic hydroxyl groups is 1. The molecule has 2 aromatic rings. The maximum Gasteiger partial charge on any atom is 0.0937 e. The minimum atomic E-state index is -0.488. The van der Waals surface area contributed by atoms with Crippen molar-refractivity contribution in [2.24, 2.45) is 0 Å². The van der Waals surface area contributed by atoms with E-state index in [2.05, 4.69) is 43.9 Å². The van der Waals surface area contributed by atoms with Crippen LogP contribution >= 0.6 is 0 Å². The molecule has 1 aromatic carbocycles. The zero-order chi connectivity index (χ0) is 14.5. The van der Waals surface area contributed by atoms with Gasteiger partial charge in [0.05, 0.1) is 11.6 Å². The fourth-order valence-electron chi connectivity index (χ4n) is 2.50. The van der Waals surface area contributed by atoms with Crippen molar-refractivity contribution in [2.45, 2.75) is 33.3 Å². The van der Waals surface area contributed by atoms with E-state index in [0.29, 0.717) is 6.54 Å². The van der Waals surface area contributed by atoms with Crippen LogP contribution in [0.25, 0.3) is 10.9 Å². The number of aliphatic hydroxyl groups excluding tert-OH is 1. The normalized spacial score (nSPS) is 13.1. The fraction of sp³-hybridized carbons (Fsp3) is 0.471. The lowest BCUT2D eigenvalue weighted by molar-refractivity contribution is 0.120. The van der Waals surface area contributed by atoms with E-state index in [1.807, 2.05) is 12.1 Å². The van der Waals surface area contributed by atoms with Gasteiger partial charge in [-0.05, 0) is 25.6 Å². The third-order valence-electron chi connectivity index (χ3n) is 3.86. The van der Waals surface area contributed by atoms with E-state index in [1.54, 1.807) is 0 Å². The van der Waals surface area contributed by atoms with Crippen LogP contribution < -0.4 is 0 Å². The quantitative estimate of drug-likeness (QED) is 0.877. The Morgan fingerprint density at radius 3 is 2.50 bits per heavy atom. The van der Waals surface area contributed by atoms with Crippen LogP contribution in [0.3, 0.4) is 0 Å². The number of aromatic nitrogens is 1. The minimum absolute atomic E-state index is 0.488. The van der Waals surface area contributed by atoms with Crippen molar-refractivity contribution in [1.29, 1.82) is 0 Å². The molecule has 0 fully saturated rings. The summed E-state index contributed by atoms with van der Waals surface area (Å²) in [7, 11) is 0. The highest BCUT2D eigenvalue weighted by Crippen LogP contribution is 2.24. The molecule has 1 atom stereocenters. The van der Waals surface area contributed by atoms with Crippen molar-refractivity contribution < 1.29 is 5.11 Å². The van der Waals surface area contributed by atoms with Crippen molar-refractivity contribution in [2.75, 3.05) is 19.6 Å². The number of fused-ring (bicyclic) bond motifs is 1. The summed E-state index contributed by atoms with van der Waals surface area (Å²) in [4.78, 5) is 6.92. The third kappa shape index (κ3) is 3.17. The second-order valence-corrected chi connectivity index (χ2v) is 5.08. The molecular formula is C17H24N2O. The first kappa shape index (κ1) is 14.9. The van der Waals surface area contributed by atoms with Gasteiger partial charge in [0.1, 0.15) is 0 Å². The van der Waals surface area contributed by atoms with Gasteiger partial charge >= 0.3 is 0 Å². The third-order valence-corrected chi connectivity index (χ3v) is 3.86. The predicted octanol–water partition coefficient (Wildman–Crippen LogP) is 3.17. The first-order chi connectivity index (χ1) is 9.69. The topological polar surface area (TPSA) is 36.4 Å². The average Bonchev–Trinajstić information content (AvgIpc) is 2.51. The standard InChI is InChI=1S/C17H24N2O/c1-4-14-11-10-13-8-7-9-15(17(13)18-14)16(20)12-19(5-2)6-3/h7-11,16,20H,4-6,12H2,1-3H3/t16-/m1/s1. The average molecular weight is 272 g/mol. The van der Waals surface area contributed by atoms with Gasteiger partial charge in [-0.3, -0.25) is 4.98 Å². The second-order valence-electron chi connectivity index (χ2n) is 5.08. The van der Waals surface area contributed by atoms with Crippen LogP contribution in [-0.4, -0.2) is 34.6 Å². The molecule has 1 heterocycles. The van der Waals surface area contributed by atoms with Crippen molar-refractivity contribution in [3.05, 3.63) is 41.6 Å². The molecule has 0 unspecified atom stereocenters. The first-order valence-electron chi connectivity index (χ1n) is 7.48.